The number of aromatic nitrogens is 1. The number of nitrogens with zero attached hydrogens (tertiary/aromatic N) is 1. The fourth-order valence-corrected chi connectivity index (χ4v) is 2.52. The second-order valence-electron chi connectivity index (χ2n) is 4.64. The molecule has 2 aromatic heterocycles. The van der Waals surface area contributed by atoms with E-state index in [4.69, 9.17) is 0 Å². The molecule has 0 bridgehead atoms. The van der Waals surface area contributed by atoms with Crippen LogP contribution in [0.4, 0.5) is 0 Å². The highest BCUT2D eigenvalue weighted by Crippen LogP contribution is 2.17. The van der Waals surface area contributed by atoms with Gasteiger partial charge in [0.15, 0.2) is 12.4 Å². The molecule has 0 saturated heterocycles. The molecule has 0 N–H and O–H groups in total. The third-order valence-electron chi connectivity index (χ3n) is 3.45. The zero-order chi connectivity index (χ0) is 11.9. The van der Waals surface area contributed by atoms with Gasteiger partial charge in [-0.25, -0.2) is 0 Å². The molecular formula is C17H12N+. The first-order valence-corrected chi connectivity index (χ1v) is 6.13. The Morgan fingerprint density at radius 3 is 1.50 bits per heavy atom. The maximum atomic E-state index is 2.24. The molecule has 0 aliphatic rings. The third kappa shape index (κ3) is 1.37. The molecule has 0 spiro atoms. The van der Waals surface area contributed by atoms with Crippen LogP contribution in [0.5, 0.6) is 0 Å². The van der Waals surface area contributed by atoms with Crippen LogP contribution in [0.2, 0.25) is 0 Å². The molecule has 1 heteroatoms. The van der Waals surface area contributed by atoms with E-state index in [1.54, 1.807) is 0 Å². The van der Waals surface area contributed by atoms with E-state index in [-0.39, 0.29) is 0 Å². The molecule has 4 rings (SSSR count). The molecule has 0 radical (unpaired) electrons. The molecule has 84 valence electrons. The number of hydrogen-bond acceptors (Lipinski definition) is 0. The topological polar surface area (TPSA) is 4.10 Å². The van der Waals surface area contributed by atoms with Crippen LogP contribution in [0.3, 0.4) is 0 Å². The smallest absolute Gasteiger partial charge is 0.166 e. The maximum absolute atomic E-state index is 2.24. The Morgan fingerprint density at radius 2 is 1.00 bits per heavy atom. The van der Waals surface area contributed by atoms with Gasteiger partial charge >= 0.3 is 0 Å². The minimum atomic E-state index is 1.23. The van der Waals surface area contributed by atoms with Crippen molar-refractivity contribution in [3.63, 3.8) is 0 Å². The number of fused-ring (bicyclic) bond motifs is 3. The van der Waals surface area contributed by atoms with Gasteiger partial charge in [-0.2, -0.15) is 4.40 Å². The zero-order valence-corrected chi connectivity index (χ0v) is 9.88. The van der Waals surface area contributed by atoms with Crippen molar-refractivity contribution in [2.24, 2.45) is 0 Å². The minimum Gasteiger partial charge on any atom is -0.166 e. The molecule has 1 nitrogen and oxygen atoms in total. The summed E-state index contributed by atoms with van der Waals surface area (Å²) in [6.07, 6.45) is 4.38. The number of benzene rings is 2. The van der Waals surface area contributed by atoms with Gasteiger partial charge in [0.1, 0.15) is 0 Å². The van der Waals surface area contributed by atoms with Crippen LogP contribution in [-0.2, 0) is 0 Å². The molecule has 0 atom stereocenters. The summed E-state index contributed by atoms with van der Waals surface area (Å²) in [4.78, 5) is 0. The molecule has 0 saturated carbocycles. The fraction of sp³-hybridized carbons (Fsp3) is 0. The summed E-state index contributed by atoms with van der Waals surface area (Å²) in [5.41, 5.74) is 1.23. The van der Waals surface area contributed by atoms with Gasteiger partial charge in [0.25, 0.3) is 0 Å². The predicted octanol–water partition coefficient (Wildman–Crippen LogP) is 3.73. The van der Waals surface area contributed by atoms with Gasteiger partial charge in [0.05, 0.1) is 0 Å². The van der Waals surface area contributed by atoms with Gasteiger partial charge in [-0.15, -0.1) is 0 Å². The van der Waals surface area contributed by atoms with Crippen molar-refractivity contribution >= 4 is 27.1 Å². The van der Waals surface area contributed by atoms with Gasteiger partial charge in [-0.05, 0) is 22.9 Å². The van der Waals surface area contributed by atoms with Crippen LogP contribution in [0.1, 0.15) is 0 Å². The Balaban J connectivity index is 2.20. The van der Waals surface area contributed by atoms with Crippen molar-refractivity contribution in [1.29, 1.82) is 0 Å². The maximum Gasteiger partial charge on any atom is 0.211 e. The molecule has 0 amide bonds. The van der Waals surface area contributed by atoms with E-state index in [0.717, 1.165) is 0 Å². The Morgan fingerprint density at radius 1 is 0.556 bits per heavy atom. The predicted molar refractivity (Wildman–Crippen MR) is 74.6 cm³/mol. The summed E-state index contributed by atoms with van der Waals surface area (Å²) < 4.78 is 2.20. The van der Waals surface area contributed by atoms with Crippen molar-refractivity contribution in [3.8, 4) is 0 Å². The molecule has 0 unspecified atom stereocenters. The summed E-state index contributed by atoms with van der Waals surface area (Å²) in [7, 11) is 0. The second-order valence-corrected chi connectivity index (χ2v) is 4.64. The summed E-state index contributed by atoms with van der Waals surface area (Å²) in [6.45, 7) is 0. The lowest BCUT2D eigenvalue weighted by atomic mass is 10.1. The van der Waals surface area contributed by atoms with Crippen LogP contribution in [0, 0.1) is 0 Å². The van der Waals surface area contributed by atoms with Crippen molar-refractivity contribution in [1.82, 2.24) is 0 Å². The summed E-state index contributed by atoms with van der Waals surface area (Å²) in [5, 5.41) is 5.11. The first-order chi connectivity index (χ1) is 8.90. The van der Waals surface area contributed by atoms with E-state index in [2.05, 4.69) is 77.5 Å². The monoisotopic (exact) mass is 230 g/mol. The Kier molecular flexibility index (Phi) is 1.89. The average molecular weight is 230 g/mol. The van der Waals surface area contributed by atoms with Gasteiger partial charge in [0, 0.05) is 22.9 Å². The summed E-state index contributed by atoms with van der Waals surface area (Å²) >= 11 is 0. The molecule has 4 aromatic rings. The van der Waals surface area contributed by atoms with E-state index in [1.807, 2.05) is 0 Å². The van der Waals surface area contributed by atoms with Crippen molar-refractivity contribution < 1.29 is 4.40 Å². The first kappa shape index (κ1) is 9.60. The molecule has 0 aliphatic heterocycles. The second kappa shape index (κ2) is 3.54. The molecular weight excluding hydrogens is 218 g/mol. The Bertz CT molecular complexity index is 734. The van der Waals surface area contributed by atoms with Crippen LogP contribution in [-0.4, -0.2) is 0 Å². The number of rotatable bonds is 0. The lowest BCUT2D eigenvalue weighted by Gasteiger charge is -1.99. The Labute approximate surface area is 105 Å². The van der Waals surface area contributed by atoms with Crippen LogP contribution in [0.25, 0.3) is 27.1 Å². The number of hydrogen-bond donors (Lipinski definition) is 0. The zero-order valence-electron chi connectivity index (χ0n) is 9.88. The SMILES string of the molecule is c1ccc2c[n+]3cc4ccccc4cc3cc2c1. The van der Waals surface area contributed by atoms with Crippen molar-refractivity contribution in [3.05, 3.63) is 73.1 Å². The standard InChI is InChI=1S/C17H12N/c1-3-7-15-11-18-12-16-8-4-2-6-14(16)10-17(18)9-13(15)5-1/h1-12H/q+1. The van der Waals surface area contributed by atoms with Crippen LogP contribution < -0.4 is 4.40 Å². The minimum absolute atomic E-state index is 1.23. The van der Waals surface area contributed by atoms with Gasteiger partial charge < -0.3 is 0 Å². The lowest BCUT2D eigenvalue weighted by Crippen LogP contribution is -2.20. The van der Waals surface area contributed by atoms with E-state index in [1.165, 1.54) is 27.1 Å². The average Bonchev–Trinajstić information content (AvgIpc) is 2.42. The van der Waals surface area contributed by atoms with E-state index >= 15 is 0 Å². The normalized spacial score (nSPS) is 11.3. The van der Waals surface area contributed by atoms with Crippen LogP contribution in [0.15, 0.2) is 73.1 Å². The summed E-state index contributed by atoms with van der Waals surface area (Å²) in [6, 6.07) is 21.4. The molecule has 18 heavy (non-hydrogen) atoms. The van der Waals surface area contributed by atoms with E-state index in [0.29, 0.717) is 0 Å². The van der Waals surface area contributed by atoms with Crippen LogP contribution >= 0.6 is 0 Å². The number of pyridine rings is 2. The first-order valence-electron chi connectivity index (χ1n) is 6.13. The lowest BCUT2D eigenvalue weighted by molar-refractivity contribution is -0.508. The molecule has 2 heterocycles. The van der Waals surface area contributed by atoms with Crippen molar-refractivity contribution in [2.75, 3.05) is 0 Å². The van der Waals surface area contributed by atoms with Gasteiger partial charge in [0.2, 0.25) is 5.52 Å². The van der Waals surface area contributed by atoms with Gasteiger partial charge in [-0.1, -0.05) is 36.4 Å². The molecule has 0 fully saturated rings. The largest absolute Gasteiger partial charge is 0.211 e. The van der Waals surface area contributed by atoms with E-state index < -0.39 is 0 Å². The highest BCUT2D eigenvalue weighted by atomic mass is 14.8. The fourth-order valence-electron chi connectivity index (χ4n) is 2.52. The molecule has 0 aliphatic carbocycles. The highest BCUT2D eigenvalue weighted by molar-refractivity contribution is 5.88. The van der Waals surface area contributed by atoms with Gasteiger partial charge in [-0.3, -0.25) is 0 Å². The quantitative estimate of drug-likeness (QED) is 0.320. The Hall–Kier alpha value is -2.41. The highest BCUT2D eigenvalue weighted by Gasteiger charge is 2.06. The molecule has 2 aromatic carbocycles. The van der Waals surface area contributed by atoms with E-state index in [9.17, 15) is 0 Å². The van der Waals surface area contributed by atoms with Crippen molar-refractivity contribution in [2.45, 2.75) is 0 Å². The third-order valence-corrected chi connectivity index (χ3v) is 3.45. The summed E-state index contributed by atoms with van der Waals surface area (Å²) in [5.74, 6) is 0.